The van der Waals surface area contributed by atoms with Crippen LogP contribution in [0.3, 0.4) is 0 Å². The molecule has 0 amide bonds. The van der Waals surface area contributed by atoms with Gasteiger partial charge < -0.3 is 4.57 Å². The molecular formula is C12H12ClF2N3. The maximum atomic E-state index is 13.8. The van der Waals surface area contributed by atoms with Crippen molar-refractivity contribution in [2.75, 3.05) is 0 Å². The van der Waals surface area contributed by atoms with Crippen LogP contribution in [0.1, 0.15) is 25.7 Å². The number of nitrogens with zero attached hydrogens (tertiary/aromatic N) is 3. The monoisotopic (exact) mass is 271 g/mol. The van der Waals surface area contributed by atoms with E-state index in [1.807, 2.05) is 13.8 Å². The summed E-state index contributed by atoms with van der Waals surface area (Å²) in [4.78, 5) is 0. The molecule has 0 N–H and O–H groups in total. The molecule has 96 valence electrons. The van der Waals surface area contributed by atoms with Gasteiger partial charge in [-0.3, -0.25) is 0 Å². The molecule has 0 saturated carbocycles. The molecule has 0 unspecified atom stereocenters. The number of alkyl halides is 1. The first-order valence-corrected chi connectivity index (χ1v) is 6.03. The summed E-state index contributed by atoms with van der Waals surface area (Å²) < 4.78 is 28.7. The highest BCUT2D eigenvalue weighted by Gasteiger charge is 2.19. The van der Waals surface area contributed by atoms with Crippen LogP contribution in [0.25, 0.3) is 11.4 Å². The summed E-state index contributed by atoms with van der Waals surface area (Å²) in [6.45, 7) is 3.81. The predicted octanol–water partition coefficient (Wildman–Crippen LogP) is 3.54. The highest BCUT2D eigenvalue weighted by atomic mass is 35.5. The number of hydrogen-bond donors (Lipinski definition) is 0. The lowest BCUT2D eigenvalue weighted by atomic mass is 10.2. The van der Waals surface area contributed by atoms with Gasteiger partial charge in [-0.15, -0.1) is 21.8 Å². The van der Waals surface area contributed by atoms with E-state index >= 15 is 0 Å². The van der Waals surface area contributed by atoms with Gasteiger partial charge in [0.15, 0.2) is 17.5 Å². The Labute approximate surface area is 108 Å². The van der Waals surface area contributed by atoms with Gasteiger partial charge in [0, 0.05) is 6.04 Å². The topological polar surface area (TPSA) is 30.7 Å². The fourth-order valence-corrected chi connectivity index (χ4v) is 2.00. The van der Waals surface area contributed by atoms with Gasteiger partial charge in [-0.25, -0.2) is 8.78 Å². The first-order chi connectivity index (χ1) is 8.56. The van der Waals surface area contributed by atoms with E-state index in [0.29, 0.717) is 5.82 Å². The Morgan fingerprint density at radius 3 is 2.61 bits per heavy atom. The molecule has 0 spiro atoms. The van der Waals surface area contributed by atoms with E-state index in [-0.39, 0.29) is 23.3 Å². The maximum Gasteiger partial charge on any atom is 0.169 e. The van der Waals surface area contributed by atoms with Crippen molar-refractivity contribution in [2.45, 2.75) is 25.8 Å². The number of aromatic nitrogens is 3. The summed E-state index contributed by atoms with van der Waals surface area (Å²) in [6, 6.07) is 3.98. The van der Waals surface area contributed by atoms with Crippen LogP contribution in [0.2, 0.25) is 0 Å². The fraction of sp³-hybridized carbons (Fsp3) is 0.333. The summed E-state index contributed by atoms with van der Waals surface area (Å²) >= 11 is 5.76. The predicted molar refractivity (Wildman–Crippen MR) is 65.3 cm³/mol. The van der Waals surface area contributed by atoms with Crippen LogP contribution < -0.4 is 0 Å². The van der Waals surface area contributed by atoms with Crippen molar-refractivity contribution >= 4 is 11.6 Å². The lowest BCUT2D eigenvalue weighted by Gasteiger charge is -2.13. The third-order valence-electron chi connectivity index (χ3n) is 2.59. The molecule has 1 heterocycles. The number of halogens is 3. The zero-order chi connectivity index (χ0) is 13.3. The van der Waals surface area contributed by atoms with Crippen LogP contribution in [0.5, 0.6) is 0 Å². The second-order valence-electron chi connectivity index (χ2n) is 4.14. The summed E-state index contributed by atoms with van der Waals surface area (Å²) in [5.74, 6) is -0.837. The number of benzene rings is 1. The molecule has 0 bridgehead atoms. The normalized spacial score (nSPS) is 11.2. The number of hydrogen-bond acceptors (Lipinski definition) is 2. The first kappa shape index (κ1) is 13.0. The number of rotatable bonds is 3. The van der Waals surface area contributed by atoms with E-state index in [9.17, 15) is 8.78 Å². The minimum Gasteiger partial charge on any atom is -0.307 e. The lowest BCUT2D eigenvalue weighted by Crippen LogP contribution is -2.08. The smallest absolute Gasteiger partial charge is 0.169 e. The Morgan fingerprint density at radius 1 is 1.28 bits per heavy atom. The molecular weight excluding hydrogens is 260 g/mol. The third-order valence-corrected chi connectivity index (χ3v) is 2.83. The molecule has 2 rings (SSSR count). The Balaban J connectivity index is 2.64. The molecule has 3 nitrogen and oxygen atoms in total. The standard InChI is InChI=1S/C12H12ClF2N3/c1-7(2)18-10(6-13)16-17-12(18)8-4-3-5-9(14)11(8)15/h3-5,7H,6H2,1-2H3. The van der Waals surface area contributed by atoms with Crippen LogP contribution in [0.15, 0.2) is 18.2 Å². The average Bonchev–Trinajstić information content (AvgIpc) is 2.76. The van der Waals surface area contributed by atoms with Crippen molar-refractivity contribution in [1.29, 1.82) is 0 Å². The highest BCUT2D eigenvalue weighted by molar-refractivity contribution is 6.16. The van der Waals surface area contributed by atoms with E-state index < -0.39 is 11.6 Å². The van der Waals surface area contributed by atoms with Crippen molar-refractivity contribution in [3.8, 4) is 11.4 Å². The van der Waals surface area contributed by atoms with Crippen LogP contribution in [-0.4, -0.2) is 14.8 Å². The SMILES string of the molecule is CC(C)n1c(CCl)nnc1-c1cccc(F)c1F. The third kappa shape index (κ3) is 2.10. The molecule has 1 aromatic carbocycles. The summed E-state index contributed by atoms with van der Waals surface area (Å²) in [7, 11) is 0. The van der Waals surface area contributed by atoms with Gasteiger partial charge in [-0.2, -0.15) is 0 Å². The average molecular weight is 272 g/mol. The van der Waals surface area contributed by atoms with Crippen LogP contribution in [-0.2, 0) is 5.88 Å². The van der Waals surface area contributed by atoms with Crippen molar-refractivity contribution < 1.29 is 8.78 Å². The lowest BCUT2D eigenvalue weighted by molar-refractivity contribution is 0.508. The van der Waals surface area contributed by atoms with Gasteiger partial charge in [0.05, 0.1) is 11.4 Å². The summed E-state index contributed by atoms with van der Waals surface area (Å²) in [6.07, 6.45) is 0. The van der Waals surface area contributed by atoms with E-state index in [1.165, 1.54) is 12.1 Å². The zero-order valence-corrected chi connectivity index (χ0v) is 10.7. The molecule has 2 aromatic rings. The second kappa shape index (κ2) is 5.02. The molecule has 18 heavy (non-hydrogen) atoms. The van der Waals surface area contributed by atoms with Gasteiger partial charge in [-0.1, -0.05) is 6.07 Å². The molecule has 1 aromatic heterocycles. The van der Waals surface area contributed by atoms with Gasteiger partial charge in [0.1, 0.15) is 5.82 Å². The molecule has 0 saturated heterocycles. The van der Waals surface area contributed by atoms with E-state index in [0.717, 1.165) is 6.07 Å². The molecule has 6 heteroatoms. The Bertz CT molecular complexity index is 566. The summed E-state index contributed by atoms with van der Waals surface area (Å²) in [5, 5.41) is 7.80. The first-order valence-electron chi connectivity index (χ1n) is 5.50. The van der Waals surface area contributed by atoms with Crippen molar-refractivity contribution in [3.05, 3.63) is 35.7 Å². The minimum atomic E-state index is -0.923. The molecule has 0 fully saturated rings. The molecule has 0 radical (unpaired) electrons. The van der Waals surface area contributed by atoms with Crippen LogP contribution in [0, 0.1) is 11.6 Å². The van der Waals surface area contributed by atoms with Gasteiger partial charge in [0.2, 0.25) is 0 Å². The van der Waals surface area contributed by atoms with Crippen LogP contribution >= 0.6 is 11.6 Å². The largest absolute Gasteiger partial charge is 0.307 e. The van der Waals surface area contributed by atoms with E-state index in [2.05, 4.69) is 10.2 Å². The van der Waals surface area contributed by atoms with Crippen molar-refractivity contribution in [3.63, 3.8) is 0 Å². The molecule has 0 aliphatic heterocycles. The quantitative estimate of drug-likeness (QED) is 0.800. The fourth-order valence-electron chi connectivity index (χ4n) is 1.82. The van der Waals surface area contributed by atoms with Crippen LogP contribution in [0.4, 0.5) is 8.78 Å². The van der Waals surface area contributed by atoms with E-state index in [1.54, 1.807) is 4.57 Å². The Morgan fingerprint density at radius 2 is 2.00 bits per heavy atom. The zero-order valence-electron chi connectivity index (χ0n) is 9.99. The van der Waals surface area contributed by atoms with Crippen molar-refractivity contribution in [1.82, 2.24) is 14.8 Å². The van der Waals surface area contributed by atoms with Crippen molar-refractivity contribution in [2.24, 2.45) is 0 Å². The second-order valence-corrected chi connectivity index (χ2v) is 4.41. The molecule has 0 atom stereocenters. The Kier molecular flexibility index (Phi) is 3.61. The van der Waals surface area contributed by atoms with Gasteiger partial charge in [0.25, 0.3) is 0 Å². The molecule has 0 aliphatic rings. The van der Waals surface area contributed by atoms with Gasteiger partial charge >= 0.3 is 0 Å². The van der Waals surface area contributed by atoms with E-state index in [4.69, 9.17) is 11.6 Å². The highest BCUT2D eigenvalue weighted by Crippen LogP contribution is 2.26. The van der Waals surface area contributed by atoms with Gasteiger partial charge in [-0.05, 0) is 26.0 Å². The molecule has 0 aliphatic carbocycles. The Hall–Kier alpha value is -1.49. The summed E-state index contributed by atoms with van der Waals surface area (Å²) in [5.41, 5.74) is 0.0903. The minimum absolute atomic E-state index is 0.00594. The maximum absolute atomic E-state index is 13.8.